The number of carbonyl (C=O) groups is 1. The van der Waals surface area contributed by atoms with Gasteiger partial charge in [-0.25, -0.2) is 4.99 Å². The minimum Gasteiger partial charge on any atom is -0.369 e. The highest BCUT2D eigenvalue weighted by Crippen LogP contribution is 2.37. The minimum atomic E-state index is -0.318. The number of carbonyl (C=O) groups excluding carboxylic acids is 1. The van der Waals surface area contributed by atoms with Gasteiger partial charge in [0.25, 0.3) is 0 Å². The first-order valence-electron chi connectivity index (χ1n) is 8.85. The summed E-state index contributed by atoms with van der Waals surface area (Å²) in [5.41, 5.74) is 5.65. The summed E-state index contributed by atoms with van der Waals surface area (Å²) >= 11 is 0. The number of likely N-dealkylation sites (tertiary alicyclic amines) is 1. The number of nitrogens with two attached hydrogens (primary N) is 1. The van der Waals surface area contributed by atoms with E-state index >= 15 is 0 Å². The molecule has 1 unspecified atom stereocenters. The lowest BCUT2D eigenvalue weighted by molar-refractivity contribution is -0.129. The van der Waals surface area contributed by atoms with Crippen molar-refractivity contribution in [3.63, 3.8) is 0 Å². The summed E-state index contributed by atoms with van der Waals surface area (Å²) in [4.78, 5) is 21.1. The van der Waals surface area contributed by atoms with Crippen molar-refractivity contribution in [1.29, 1.82) is 0 Å². The number of hydrogen-bond acceptors (Lipinski definition) is 4. The number of piperidine rings is 1. The topological polar surface area (TPSA) is 61.9 Å². The van der Waals surface area contributed by atoms with Gasteiger partial charge in [-0.3, -0.25) is 9.69 Å². The Morgan fingerprint density at radius 1 is 1.18 bits per heavy atom. The summed E-state index contributed by atoms with van der Waals surface area (Å²) < 4.78 is 0. The Morgan fingerprint density at radius 2 is 1.91 bits per heavy atom. The zero-order chi connectivity index (χ0) is 15.7. The summed E-state index contributed by atoms with van der Waals surface area (Å²) in [5.74, 6) is 0.928. The van der Waals surface area contributed by atoms with Gasteiger partial charge in [0, 0.05) is 19.6 Å². The standard InChI is InChI=1S/C17H30N4O/c1-17(11-15(22)20(2)16(18)19-17)13-7-6-10-21(12-13)14-8-4-3-5-9-14/h13-14H,3-12H2,1-2H3,(H2,18,19)/t13?,17-/m0/s1. The largest absolute Gasteiger partial charge is 0.369 e. The van der Waals surface area contributed by atoms with E-state index in [0.717, 1.165) is 19.0 Å². The first-order chi connectivity index (χ1) is 10.5. The molecule has 3 aliphatic rings. The highest BCUT2D eigenvalue weighted by atomic mass is 16.2. The van der Waals surface area contributed by atoms with Crippen molar-refractivity contribution < 1.29 is 4.79 Å². The number of nitrogens with zero attached hydrogens (tertiary/aromatic N) is 3. The molecule has 2 fully saturated rings. The van der Waals surface area contributed by atoms with E-state index in [1.54, 1.807) is 7.05 Å². The normalized spacial score (nSPS) is 35.5. The van der Waals surface area contributed by atoms with E-state index in [4.69, 9.17) is 10.7 Å². The number of amides is 1. The molecule has 2 atom stereocenters. The first kappa shape index (κ1) is 15.8. The van der Waals surface area contributed by atoms with Crippen molar-refractivity contribution in [3.8, 4) is 0 Å². The summed E-state index contributed by atoms with van der Waals surface area (Å²) in [6, 6.07) is 0.753. The highest BCUT2D eigenvalue weighted by Gasteiger charge is 2.43. The third-order valence-electron chi connectivity index (χ3n) is 6.02. The Hall–Kier alpha value is -1.10. The summed E-state index contributed by atoms with van der Waals surface area (Å²) in [7, 11) is 1.72. The van der Waals surface area contributed by atoms with E-state index in [1.807, 2.05) is 0 Å². The average molecular weight is 306 g/mol. The van der Waals surface area contributed by atoms with E-state index in [-0.39, 0.29) is 11.4 Å². The molecule has 0 bridgehead atoms. The molecule has 1 saturated carbocycles. The van der Waals surface area contributed by atoms with Crippen molar-refractivity contribution in [1.82, 2.24) is 9.80 Å². The van der Waals surface area contributed by atoms with Crippen LogP contribution in [0.3, 0.4) is 0 Å². The van der Waals surface area contributed by atoms with E-state index < -0.39 is 0 Å². The second kappa shape index (κ2) is 6.19. The van der Waals surface area contributed by atoms with Crippen LogP contribution in [0.4, 0.5) is 0 Å². The quantitative estimate of drug-likeness (QED) is 0.848. The van der Waals surface area contributed by atoms with Gasteiger partial charge in [0.1, 0.15) is 0 Å². The second-order valence-electron chi connectivity index (χ2n) is 7.58. The van der Waals surface area contributed by atoms with Crippen molar-refractivity contribution >= 4 is 11.9 Å². The predicted molar refractivity (Wildman–Crippen MR) is 88.6 cm³/mol. The van der Waals surface area contributed by atoms with Crippen LogP contribution in [0.25, 0.3) is 0 Å². The molecule has 5 nitrogen and oxygen atoms in total. The fourth-order valence-electron chi connectivity index (χ4n) is 4.46. The highest BCUT2D eigenvalue weighted by molar-refractivity contribution is 5.98. The fourth-order valence-corrected chi connectivity index (χ4v) is 4.46. The molecule has 124 valence electrons. The molecule has 5 heteroatoms. The molecule has 22 heavy (non-hydrogen) atoms. The van der Waals surface area contributed by atoms with Crippen LogP contribution in [0.2, 0.25) is 0 Å². The Balaban J connectivity index is 1.72. The Bertz CT molecular complexity index is 458. The van der Waals surface area contributed by atoms with Crippen LogP contribution in [-0.4, -0.2) is 53.4 Å². The molecule has 1 amide bonds. The lowest BCUT2D eigenvalue weighted by Gasteiger charge is -2.46. The molecule has 2 N–H and O–H groups in total. The molecule has 0 aromatic carbocycles. The van der Waals surface area contributed by atoms with Crippen LogP contribution in [-0.2, 0) is 4.79 Å². The minimum absolute atomic E-state index is 0.102. The molecule has 2 heterocycles. The molecule has 2 aliphatic heterocycles. The molecule has 0 radical (unpaired) electrons. The smallest absolute Gasteiger partial charge is 0.231 e. The van der Waals surface area contributed by atoms with Crippen LogP contribution in [0.1, 0.15) is 58.3 Å². The second-order valence-corrected chi connectivity index (χ2v) is 7.58. The molecule has 0 aromatic heterocycles. The summed E-state index contributed by atoms with van der Waals surface area (Å²) in [6.45, 7) is 4.42. The van der Waals surface area contributed by atoms with Gasteiger partial charge >= 0.3 is 0 Å². The lowest BCUT2D eigenvalue weighted by atomic mass is 9.76. The average Bonchev–Trinajstić information content (AvgIpc) is 2.53. The van der Waals surface area contributed by atoms with Gasteiger partial charge < -0.3 is 10.6 Å². The predicted octanol–water partition coefficient (Wildman–Crippen LogP) is 1.97. The third kappa shape index (κ3) is 3.00. The molecular formula is C17H30N4O. The van der Waals surface area contributed by atoms with Crippen molar-refractivity contribution in [2.45, 2.75) is 69.9 Å². The van der Waals surface area contributed by atoms with Crippen LogP contribution >= 0.6 is 0 Å². The SMILES string of the molecule is CN1C(=O)C[C@@](C)(C2CCCN(C3CCCCC3)C2)N=C1N. The first-order valence-corrected chi connectivity index (χ1v) is 8.85. The van der Waals surface area contributed by atoms with E-state index in [9.17, 15) is 4.79 Å². The zero-order valence-corrected chi connectivity index (χ0v) is 14.1. The molecule has 0 aromatic rings. The zero-order valence-electron chi connectivity index (χ0n) is 14.1. The van der Waals surface area contributed by atoms with Gasteiger partial charge in [-0.15, -0.1) is 0 Å². The van der Waals surface area contributed by atoms with Gasteiger partial charge in [0.05, 0.1) is 12.0 Å². The molecular weight excluding hydrogens is 276 g/mol. The van der Waals surface area contributed by atoms with Crippen molar-refractivity contribution in [2.24, 2.45) is 16.6 Å². The molecule has 1 aliphatic carbocycles. The van der Waals surface area contributed by atoms with Crippen LogP contribution in [0.5, 0.6) is 0 Å². The maximum absolute atomic E-state index is 12.2. The van der Waals surface area contributed by atoms with Crippen molar-refractivity contribution in [2.75, 3.05) is 20.1 Å². The summed E-state index contributed by atoms with van der Waals surface area (Å²) in [5, 5.41) is 0. The fraction of sp³-hybridized carbons (Fsp3) is 0.882. The van der Waals surface area contributed by atoms with Crippen molar-refractivity contribution in [3.05, 3.63) is 0 Å². The van der Waals surface area contributed by atoms with Gasteiger partial charge in [0.15, 0.2) is 5.96 Å². The van der Waals surface area contributed by atoms with Crippen LogP contribution < -0.4 is 5.73 Å². The molecule has 1 saturated heterocycles. The maximum Gasteiger partial charge on any atom is 0.231 e. The maximum atomic E-state index is 12.2. The van der Waals surface area contributed by atoms with E-state index in [1.165, 1.54) is 50.0 Å². The number of hydrogen-bond donors (Lipinski definition) is 1. The van der Waals surface area contributed by atoms with Gasteiger partial charge in [-0.05, 0) is 45.1 Å². The Labute approximate surface area is 133 Å². The number of aliphatic imine (C=N–C) groups is 1. The van der Waals surface area contributed by atoms with Gasteiger partial charge in [-0.1, -0.05) is 19.3 Å². The van der Waals surface area contributed by atoms with Gasteiger partial charge in [-0.2, -0.15) is 0 Å². The monoisotopic (exact) mass is 306 g/mol. The van der Waals surface area contributed by atoms with E-state index in [2.05, 4.69) is 11.8 Å². The summed E-state index contributed by atoms with van der Waals surface area (Å²) in [6.07, 6.45) is 9.70. The molecule has 0 spiro atoms. The van der Waals surface area contributed by atoms with Crippen LogP contribution in [0.15, 0.2) is 4.99 Å². The number of guanidine groups is 1. The Kier molecular flexibility index (Phi) is 4.44. The Morgan fingerprint density at radius 3 is 2.59 bits per heavy atom. The van der Waals surface area contributed by atoms with E-state index in [0.29, 0.717) is 18.3 Å². The third-order valence-corrected chi connectivity index (χ3v) is 6.02. The number of rotatable bonds is 2. The molecule has 3 rings (SSSR count). The van der Waals surface area contributed by atoms with Crippen LogP contribution in [0, 0.1) is 5.92 Å². The van der Waals surface area contributed by atoms with Gasteiger partial charge in [0.2, 0.25) is 5.91 Å². The lowest BCUT2D eigenvalue weighted by Crippen LogP contribution is -2.55.